The lowest BCUT2D eigenvalue weighted by Gasteiger charge is -2.41. The first-order valence-electron chi connectivity index (χ1n) is 6.14. The van der Waals surface area contributed by atoms with Crippen LogP contribution in [0, 0.1) is 11.8 Å². The zero-order valence-electron chi connectivity index (χ0n) is 10.5. The van der Waals surface area contributed by atoms with Gasteiger partial charge in [0.25, 0.3) is 0 Å². The lowest BCUT2D eigenvalue weighted by molar-refractivity contribution is -0.138. The first-order chi connectivity index (χ1) is 7.41. The molecule has 4 nitrogen and oxygen atoms in total. The second-order valence-corrected chi connectivity index (χ2v) is 5.29. The van der Waals surface area contributed by atoms with Crippen molar-refractivity contribution in [1.82, 2.24) is 4.90 Å². The third-order valence-electron chi connectivity index (χ3n) is 3.76. The Balaban J connectivity index is 2.43. The average Bonchev–Trinajstić information content (AvgIpc) is 2.20. The van der Waals surface area contributed by atoms with Crippen LogP contribution in [-0.2, 0) is 4.79 Å². The molecule has 4 unspecified atom stereocenters. The number of likely N-dealkylation sites (tertiary alicyclic amines) is 1. The van der Waals surface area contributed by atoms with E-state index < -0.39 is 12.0 Å². The van der Waals surface area contributed by atoms with E-state index in [4.69, 9.17) is 10.8 Å². The van der Waals surface area contributed by atoms with E-state index in [1.807, 2.05) is 0 Å². The first kappa shape index (κ1) is 13.5. The van der Waals surface area contributed by atoms with Crippen LogP contribution in [0.2, 0.25) is 0 Å². The topological polar surface area (TPSA) is 66.6 Å². The molecule has 1 aliphatic heterocycles. The maximum Gasteiger partial charge on any atom is 0.320 e. The van der Waals surface area contributed by atoms with Crippen LogP contribution in [0.4, 0.5) is 0 Å². The van der Waals surface area contributed by atoms with E-state index in [2.05, 4.69) is 25.7 Å². The zero-order valence-corrected chi connectivity index (χ0v) is 10.5. The molecule has 0 radical (unpaired) electrons. The molecule has 1 rings (SSSR count). The Morgan fingerprint density at radius 1 is 1.50 bits per heavy atom. The van der Waals surface area contributed by atoms with Crippen LogP contribution in [0.15, 0.2) is 0 Å². The maximum atomic E-state index is 10.6. The number of nitrogens with zero attached hydrogens (tertiary/aromatic N) is 1. The summed E-state index contributed by atoms with van der Waals surface area (Å²) in [4.78, 5) is 13.0. The van der Waals surface area contributed by atoms with E-state index in [0.717, 1.165) is 13.1 Å². The van der Waals surface area contributed by atoms with E-state index in [9.17, 15) is 4.79 Å². The van der Waals surface area contributed by atoms with Crippen molar-refractivity contribution in [2.24, 2.45) is 17.6 Å². The molecule has 0 bridgehead atoms. The fourth-order valence-electron chi connectivity index (χ4n) is 2.56. The molecular formula is C12H24N2O2. The van der Waals surface area contributed by atoms with Crippen LogP contribution in [0.25, 0.3) is 0 Å². The molecule has 1 aliphatic rings. The third kappa shape index (κ3) is 3.46. The minimum atomic E-state index is -0.897. The van der Waals surface area contributed by atoms with Gasteiger partial charge in [-0.2, -0.15) is 0 Å². The van der Waals surface area contributed by atoms with Gasteiger partial charge in [0, 0.05) is 19.1 Å². The summed E-state index contributed by atoms with van der Waals surface area (Å²) in [5.41, 5.74) is 5.52. The Kier molecular flexibility index (Phi) is 4.74. The predicted octanol–water partition coefficient (Wildman–Crippen LogP) is 1.15. The summed E-state index contributed by atoms with van der Waals surface area (Å²) in [6.45, 7) is 8.61. The molecule has 0 aromatic carbocycles. The van der Waals surface area contributed by atoms with Gasteiger partial charge in [-0.1, -0.05) is 13.8 Å². The number of aliphatic carboxylic acids is 1. The number of piperidine rings is 1. The SMILES string of the molecule is CC1CC(C)C(C)N(CCC(N)C(=O)O)C1. The molecular weight excluding hydrogens is 204 g/mol. The van der Waals surface area contributed by atoms with E-state index in [-0.39, 0.29) is 0 Å². The number of carbonyl (C=O) groups is 1. The highest BCUT2D eigenvalue weighted by Crippen LogP contribution is 2.26. The Hall–Kier alpha value is -0.610. The van der Waals surface area contributed by atoms with Gasteiger partial charge in [0.05, 0.1) is 0 Å². The monoisotopic (exact) mass is 228 g/mol. The number of rotatable bonds is 4. The van der Waals surface area contributed by atoms with Crippen LogP contribution in [-0.4, -0.2) is 41.1 Å². The Labute approximate surface area is 97.8 Å². The molecule has 1 heterocycles. The van der Waals surface area contributed by atoms with Gasteiger partial charge in [0.2, 0.25) is 0 Å². The molecule has 4 heteroatoms. The number of carboxylic acid groups (broad SMARTS) is 1. The van der Waals surface area contributed by atoms with Gasteiger partial charge in [0.15, 0.2) is 0 Å². The van der Waals surface area contributed by atoms with Crippen molar-refractivity contribution in [1.29, 1.82) is 0 Å². The summed E-state index contributed by atoms with van der Waals surface area (Å²) >= 11 is 0. The van der Waals surface area contributed by atoms with Gasteiger partial charge in [-0.05, 0) is 31.6 Å². The van der Waals surface area contributed by atoms with Crippen molar-refractivity contribution in [3.05, 3.63) is 0 Å². The summed E-state index contributed by atoms with van der Waals surface area (Å²) in [7, 11) is 0. The number of hydrogen-bond donors (Lipinski definition) is 2. The minimum Gasteiger partial charge on any atom is -0.480 e. The summed E-state index contributed by atoms with van der Waals surface area (Å²) in [6.07, 6.45) is 1.81. The lowest BCUT2D eigenvalue weighted by Crippen LogP contribution is -2.47. The smallest absolute Gasteiger partial charge is 0.320 e. The van der Waals surface area contributed by atoms with Gasteiger partial charge in [-0.3, -0.25) is 4.79 Å². The largest absolute Gasteiger partial charge is 0.480 e. The maximum absolute atomic E-state index is 10.6. The molecule has 1 saturated heterocycles. The molecule has 3 N–H and O–H groups in total. The second kappa shape index (κ2) is 5.64. The van der Waals surface area contributed by atoms with Crippen molar-refractivity contribution in [2.75, 3.05) is 13.1 Å². The van der Waals surface area contributed by atoms with Crippen molar-refractivity contribution in [3.63, 3.8) is 0 Å². The molecule has 0 aliphatic carbocycles. The molecule has 1 fully saturated rings. The summed E-state index contributed by atoms with van der Waals surface area (Å²) < 4.78 is 0. The van der Waals surface area contributed by atoms with E-state index >= 15 is 0 Å². The Bertz CT molecular complexity index is 245. The van der Waals surface area contributed by atoms with Gasteiger partial charge in [-0.25, -0.2) is 0 Å². The number of carboxylic acids is 1. The quantitative estimate of drug-likeness (QED) is 0.757. The van der Waals surface area contributed by atoms with E-state index in [0.29, 0.717) is 24.3 Å². The van der Waals surface area contributed by atoms with Crippen molar-refractivity contribution in [2.45, 2.75) is 45.7 Å². The van der Waals surface area contributed by atoms with Gasteiger partial charge >= 0.3 is 5.97 Å². The highest BCUT2D eigenvalue weighted by Gasteiger charge is 2.28. The molecule has 0 spiro atoms. The minimum absolute atomic E-state index is 0.539. The molecule has 4 atom stereocenters. The number of nitrogens with two attached hydrogens (primary N) is 1. The molecule has 94 valence electrons. The van der Waals surface area contributed by atoms with Gasteiger partial charge in [-0.15, -0.1) is 0 Å². The van der Waals surface area contributed by atoms with E-state index in [1.165, 1.54) is 6.42 Å². The summed E-state index contributed by atoms with van der Waals surface area (Å²) in [5.74, 6) is 0.489. The zero-order chi connectivity index (χ0) is 12.3. The van der Waals surface area contributed by atoms with Crippen LogP contribution in [0.3, 0.4) is 0 Å². The summed E-state index contributed by atoms with van der Waals surface area (Å²) in [5, 5.41) is 8.74. The highest BCUT2D eigenvalue weighted by molar-refractivity contribution is 5.72. The molecule has 0 aromatic rings. The fraction of sp³-hybridized carbons (Fsp3) is 0.917. The molecule has 0 saturated carbocycles. The normalized spacial score (nSPS) is 33.6. The lowest BCUT2D eigenvalue weighted by atomic mass is 9.86. The summed E-state index contributed by atoms with van der Waals surface area (Å²) in [6, 6.07) is -0.183. The van der Waals surface area contributed by atoms with E-state index in [1.54, 1.807) is 0 Å². The van der Waals surface area contributed by atoms with Crippen molar-refractivity contribution >= 4 is 5.97 Å². The molecule has 16 heavy (non-hydrogen) atoms. The van der Waals surface area contributed by atoms with Crippen LogP contribution >= 0.6 is 0 Å². The van der Waals surface area contributed by atoms with Crippen LogP contribution in [0.1, 0.15) is 33.6 Å². The Morgan fingerprint density at radius 2 is 2.12 bits per heavy atom. The Morgan fingerprint density at radius 3 is 2.69 bits per heavy atom. The molecule has 0 amide bonds. The van der Waals surface area contributed by atoms with Crippen LogP contribution in [0.5, 0.6) is 0 Å². The van der Waals surface area contributed by atoms with Crippen molar-refractivity contribution < 1.29 is 9.90 Å². The fourth-order valence-corrected chi connectivity index (χ4v) is 2.56. The van der Waals surface area contributed by atoms with Crippen LogP contribution < -0.4 is 5.73 Å². The first-order valence-corrected chi connectivity index (χ1v) is 6.14. The van der Waals surface area contributed by atoms with Gasteiger partial charge < -0.3 is 15.7 Å². The predicted molar refractivity (Wildman–Crippen MR) is 64.2 cm³/mol. The standard InChI is InChI=1S/C12H24N2O2/c1-8-6-9(2)10(3)14(7-8)5-4-11(13)12(15)16/h8-11H,4-7,13H2,1-3H3,(H,15,16). The number of hydrogen-bond acceptors (Lipinski definition) is 3. The van der Waals surface area contributed by atoms with Crippen molar-refractivity contribution in [3.8, 4) is 0 Å². The highest BCUT2D eigenvalue weighted by atomic mass is 16.4. The second-order valence-electron chi connectivity index (χ2n) is 5.29. The molecule has 0 aromatic heterocycles. The van der Waals surface area contributed by atoms with Gasteiger partial charge in [0.1, 0.15) is 6.04 Å². The average molecular weight is 228 g/mol. The third-order valence-corrected chi connectivity index (χ3v) is 3.76.